The van der Waals surface area contributed by atoms with Gasteiger partial charge in [-0.3, -0.25) is 4.90 Å². The van der Waals surface area contributed by atoms with Crippen molar-refractivity contribution in [2.45, 2.75) is 88.2 Å². The molecule has 2 bridgehead atoms. The number of piperidine rings is 2. The molecule has 0 radical (unpaired) electrons. The van der Waals surface area contributed by atoms with Crippen LogP contribution in [0.15, 0.2) is 35.2 Å². The molecule has 3 aliphatic rings. The lowest BCUT2D eigenvalue weighted by Crippen LogP contribution is -2.52. The van der Waals surface area contributed by atoms with Gasteiger partial charge in [-0.1, -0.05) is 19.9 Å². The second kappa shape index (κ2) is 10.5. The molecule has 1 aromatic heterocycles. The summed E-state index contributed by atoms with van der Waals surface area (Å²) in [6.07, 6.45) is 8.81. The standard InChI is InChI=1S/C32H43FN4O2S/c1-20(2)19-37-25-7-8-26(37)18-27(17-25)36-12-10-22(11-13-36)24-14-21(3)31-29(16-24)35(4)32(34-31)23-6-9-30(28(33)15-23)40(5,38)39/h6,9,14-16,20,22,25-27H,7-8,10-13,17-19H2,1-5H3. The van der Waals surface area contributed by atoms with Crippen molar-refractivity contribution in [2.75, 3.05) is 25.9 Å². The molecule has 3 fully saturated rings. The van der Waals surface area contributed by atoms with Crippen LogP contribution in [-0.2, 0) is 16.9 Å². The number of fused-ring (bicyclic) bond motifs is 3. The largest absolute Gasteiger partial charge is 0.327 e. The molecule has 2 aromatic carbocycles. The van der Waals surface area contributed by atoms with E-state index in [-0.39, 0.29) is 4.90 Å². The van der Waals surface area contributed by atoms with Gasteiger partial charge in [0.05, 0.1) is 11.0 Å². The number of benzene rings is 2. The number of halogens is 1. The fourth-order valence-electron chi connectivity index (χ4n) is 7.78. The molecular formula is C32H43FN4O2S. The number of rotatable bonds is 6. The molecule has 0 amide bonds. The van der Waals surface area contributed by atoms with Crippen molar-refractivity contribution < 1.29 is 12.8 Å². The van der Waals surface area contributed by atoms with Crippen LogP contribution in [0.5, 0.6) is 0 Å². The molecule has 6 nitrogen and oxygen atoms in total. The number of hydrogen-bond donors (Lipinski definition) is 0. The summed E-state index contributed by atoms with van der Waals surface area (Å²) in [5, 5.41) is 0. The minimum Gasteiger partial charge on any atom is -0.327 e. The van der Waals surface area contributed by atoms with Gasteiger partial charge in [0.1, 0.15) is 16.5 Å². The second-order valence-electron chi connectivity index (χ2n) is 13.0. The predicted molar refractivity (Wildman–Crippen MR) is 159 cm³/mol. The molecule has 216 valence electrons. The first-order valence-corrected chi connectivity index (χ1v) is 16.9. The van der Waals surface area contributed by atoms with E-state index in [2.05, 4.69) is 42.7 Å². The summed E-state index contributed by atoms with van der Waals surface area (Å²) in [5.74, 6) is 1.17. The van der Waals surface area contributed by atoms with Crippen molar-refractivity contribution in [3.05, 3.63) is 47.3 Å². The zero-order chi connectivity index (χ0) is 28.3. The van der Waals surface area contributed by atoms with Crippen molar-refractivity contribution in [2.24, 2.45) is 13.0 Å². The number of nitrogens with zero attached hydrogens (tertiary/aromatic N) is 4. The van der Waals surface area contributed by atoms with Crippen LogP contribution in [0.3, 0.4) is 0 Å². The van der Waals surface area contributed by atoms with Gasteiger partial charge in [0.25, 0.3) is 0 Å². The Morgan fingerprint density at radius 1 is 1.00 bits per heavy atom. The van der Waals surface area contributed by atoms with E-state index in [9.17, 15) is 12.8 Å². The van der Waals surface area contributed by atoms with Gasteiger partial charge in [-0.05, 0) is 106 Å². The van der Waals surface area contributed by atoms with Crippen LogP contribution in [0.25, 0.3) is 22.4 Å². The molecular weight excluding hydrogens is 523 g/mol. The molecule has 0 saturated carbocycles. The summed E-state index contributed by atoms with van der Waals surface area (Å²) >= 11 is 0. The highest BCUT2D eigenvalue weighted by Crippen LogP contribution is 2.40. The summed E-state index contributed by atoms with van der Waals surface area (Å²) in [6.45, 7) is 10.4. The van der Waals surface area contributed by atoms with Gasteiger partial charge in [-0.15, -0.1) is 0 Å². The third kappa shape index (κ3) is 5.12. The van der Waals surface area contributed by atoms with Gasteiger partial charge in [0.15, 0.2) is 9.84 Å². The van der Waals surface area contributed by atoms with Crippen molar-refractivity contribution in [1.82, 2.24) is 19.4 Å². The van der Waals surface area contributed by atoms with Crippen LogP contribution in [-0.4, -0.2) is 71.8 Å². The maximum atomic E-state index is 14.7. The molecule has 8 heteroatoms. The zero-order valence-electron chi connectivity index (χ0n) is 24.5. The lowest BCUT2D eigenvalue weighted by Gasteiger charge is -2.46. The molecule has 0 N–H and O–H groups in total. The van der Waals surface area contributed by atoms with Crippen LogP contribution in [0, 0.1) is 18.7 Å². The highest BCUT2D eigenvalue weighted by atomic mass is 32.2. The first-order valence-electron chi connectivity index (χ1n) is 15.0. The third-order valence-corrected chi connectivity index (χ3v) is 10.9. The number of sulfone groups is 1. The van der Waals surface area contributed by atoms with Gasteiger partial charge in [0, 0.05) is 43.5 Å². The number of hydrogen-bond acceptors (Lipinski definition) is 5. The quantitative estimate of drug-likeness (QED) is 0.371. The Balaban J connectivity index is 1.18. The minimum atomic E-state index is -3.62. The van der Waals surface area contributed by atoms with E-state index in [1.54, 1.807) is 6.07 Å². The number of imidazole rings is 1. The first-order chi connectivity index (χ1) is 19.0. The van der Waals surface area contributed by atoms with Crippen LogP contribution < -0.4 is 0 Å². The maximum absolute atomic E-state index is 14.7. The van der Waals surface area contributed by atoms with E-state index in [0.717, 1.165) is 46.9 Å². The van der Waals surface area contributed by atoms with Crippen LogP contribution >= 0.6 is 0 Å². The van der Waals surface area contributed by atoms with Crippen molar-refractivity contribution >= 4 is 20.9 Å². The van der Waals surface area contributed by atoms with Gasteiger partial charge in [-0.2, -0.15) is 0 Å². The lowest BCUT2D eigenvalue weighted by molar-refractivity contribution is 0.0403. The molecule has 4 heterocycles. The molecule has 3 aliphatic heterocycles. The summed E-state index contributed by atoms with van der Waals surface area (Å²) in [4.78, 5) is 10.2. The Kier molecular flexibility index (Phi) is 7.33. The smallest absolute Gasteiger partial charge is 0.178 e. The Hall–Kier alpha value is -2.29. The van der Waals surface area contributed by atoms with Gasteiger partial charge < -0.3 is 9.47 Å². The number of aromatic nitrogens is 2. The maximum Gasteiger partial charge on any atom is 0.178 e. The molecule has 3 saturated heterocycles. The van der Waals surface area contributed by atoms with E-state index in [1.165, 1.54) is 75.9 Å². The van der Waals surface area contributed by atoms with E-state index in [4.69, 9.17) is 4.98 Å². The Morgan fingerprint density at radius 2 is 1.68 bits per heavy atom. The second-order valence-corrected chi connectivity index (χ2v) is 15.0. The fourth-order valence-corrected chi connectivity index (χ4v) is 8.51. The normalized spacial score (nSPS) is 24.9. The molecule has 3 aromatic rings. The van der Waals surface area contributed by atoms with E-state index in [1.807, 2.05) is 11.6 Å². The van der Waals surface area contributed by atoms with Crippen LogP contribution in [0.1, 0.15) is 69.4 Å². The van der Waals surface area contributed by atoms with Crippen molar-refractivity contribution in [3.8, 4) is 11.4 Å². The average molecular weight is 567 g/mol. The summed E-state index contributed by atoms with van der Waals surface area (Å²) < 4.78 is 40.4. The zero-order valence-corrected chi connectivity index (χ0v) is 25.3. The monoisotopic (exact) mass is 566 g/mol. The predicted octanol–water partition coefficient (Wildman–Crippen LogP) is 5.92. The van der Waals surface area contributed by atoms with Crippen LogP contribution in [0.4, 0.5) is 4.39 Å². The number of likely N-dealkylation sites (tertiary alicyclic amines) is 1. The average Bonchev–Trinajstić information content (AvgIpc) is 3.33. The lowest BCUT2D eigenvalue weighted by atomic mass is 9.86. The van der Waals surface area contributed by atoms with Crippen molar-refractivity contribution in [1.29, 1.82) is 0 Å². The highest BCUT2D eigenvalue weighted by Gasteiger charge is 2.42. The van der Waals surface area contributed by atoms with Gasteiger partial charge in [-0.25, -0.2) is 17.8 Å². The van der Waals surface area contributed by atoms with Gasteiger partial charge in [0.2, 0.25) is 0 Å². The third-order valence-electron chi connectivity index (χ3n) is 9.74. The van der Waals surface area contributed by atoms with E-state index in [0.29, 0.717) is 17.3 Å². The van der Waals surface area contributed by atoms with E-state index >= 15 is 0 Å². The molecule has 6 rings (SSSR count). The number of aryl methyl sites for hydroxylation is 2. The molecule has 2 unspecified atom stereocenters. The SMILES string of the molecule is Cc1cc(C2CCN(C3CC4CCC(C3)N4CC(C)C)CC2)cc2c1nc(-c1ccc(S(C)(=O)=O)c(F)c1)n2C. The first kappa shape index (κ1) is 27.9. The summed E-state index contributed by atoms with van der Waals surface area (Å²) in [7, 11) is -1.66. The molecule has 2 atom stereocenters. The Labute approximate surface area is 238 Å². The molecule has 0 spiro atoms. The van der Waals surface area contributed by atoms with Crippen LogP contribution in [0.2, 0.25) is 0 Å². The molecule has 0 aliphatic carbocycles. The highest BCUT2D eigenvalue weighted by molar-refractivity contribution is 7.90. The summed E-state index contributed by atoms with van der Waals surface area (Å²) in [6, 6.07) is 11.1. The van der Waals surface area contributed by atoms with E-state index < -0.39 is 15.7 Å². The Bertz CT molecular complexity index is 1510. The van der Waals surface area contributed by atoms with Gasteiger partial charge >= 0.3 is 0 Å². The molecule has 40 heavy (non-hydrogen) atoms. The Morgan fingerprint density at radius 3 is 2.27 bits per heavy atom. The van der Waals surface area contributed by atoms with Crippen molar-refractivity contribution in [3.63, 3.8) is 0 Å². The fraction of sp³-hybridized carbons (Fsp3) is 0.594. The minimum absolute atomic E-state index is 0.284. The topological polar surface area (TPSA) is 58.4 Å². The summed E-state index contributed by atoms with van der Waals surface area (Å²) in [5.41, 5.74) is 5.01.